The normalized spacial score (nSPS) is 22.6. The first-order valence-electron chi connectivity index (χ1n) is 7.21. The van der Waals surface area contributed by atoms with Crippen LogP contribution < -0.4 is 4.74 Å². The molecule has 2 rings (SSSR count). The number of carbonyl (C=O) groups is 1. The Kier molecular flexibility index (Phi) is 5.08. The summed E-state index contributed by atoms with van der Waals surface area (Å²) in [4.78, 5) is 11.4. The van der Waals surface area contributed by atoms with Crippen molar-refractivity contribution in [3.63, 3.8) is 0 Å². The molecule has 0 aromatic heterocycles. The van der Waals surface area contributed by atoms with E-state index < -0.39 is 5.97 Å². The van der Waals surface area contributed by atoms with E-state index in [0.29, 0.717) is 5.75 Å². The molecule has 0 atom stereocenters. The number of aryl methyl sites for hydroxylation is 1. The van der Waals surface area contributed by atoms with Gasteiger partial charge in [0.1, 0.15) is 11.3 Å². The maximum absolute atomic E-state index is 11.4. The fourth-order valence-corrected chi connectivity index (χ4v) is 3.44. The van der Waals surface area contributed by atoms with Crippen LogP contribution in [0.3, 0.4) is 0 Å². The third kappa shape index (κ3) is 3.54. The summed E-state index contributed by atoms with van der Waals surface area (Å²) in [5.41, 5.74) is 1.11. The first-order valence-corrected chi connectivity index (χ1v) is 8.00. The van der Waals surface area contributed by atoms with Crippen molar-refractivity contribution in [2.45, 2.75) is 52.1 Å². The number of hydrogen-bond acceptors (Lipinski definition) is 2. The lowest BCUT2D eigenvalue weighted by atomic mass is 9.86. The summed E-state index contributed by atoms with van der Waals surface area (Å²) >= 11 is 3.34. The molecule has 0 aliphatic heterocycles. The van der Waals surface area contributed by atoms with Gasteiger partial charge in [-0.05, 0) is 56.2 Å². The van der Waals surface area contributed by atoms with Crippen molar-refractivity contribution in [2.24, 2.45) is 5.92 Å². The standard InChI is InChI=1S/C16H21BrO3/c1-3-11-4-6-13(7-5-11)20-15-10(2)8-12(17)9-14(15)16(18)19/h8-9,11,13H,3-7H2,1-2H3,(H,18,19). The van der Waals surface area contributed by atoms with E-state index in [2.05, 4.69) is 22.9 Å². The maximum Gasteiger partial charge on any atom is 0.339 e. The van der Waals surface area contributed by atoms with Gasteiger partial charge in [0.25, 0.3) is 0 Å². The molecule has 3 nitrogen and oxygen atoms in total. The molecule has 0 radical (unpaired) electrons. The van der Waals surface area contributed by atoms with E-state index in [1.54, 1.807) is 6.07 Å². The van der Waals surface area contributed by atoms with Crippen molar-refractivity contribution in [3.05, 3.63) is 27.7 Å². The average Bonchev–Trinajstić information content (AvgIpc) is 2.42. The molecule has 0 bridgehead atoms. The monoisotopic (exact) mass is 340 g/mol. The van der Waals surface area contributed by atoms with Crippen molar-refractivity contribution in [1.29, 1.82) is 0 Å². The Bertz CT molecular complexity index is 491. The highest BCUT2D eigenvalue weighted by molar-refractivity contribution is 9.10. The summed E-state index contributed by atoms with van der Waals surface area (Å²) in [6, 6.07) is 3.52. The van der Waals surface area contributed by atoms with Crippen LogP contribution in [-0.2, 0) is 0 Å². The molecular weight excluding hydrogens is 320 g/mol. The summed E-state index contributed by atoms with van der Waals surface area (Å²) in [5.74, 6) is 0.395. The van der Waals surface area contributed by atoms with Gasteiger partial charge in [-0.15, -0.1) is 0 Å². The van der Waals surface area contributed by atoms with E-state index in [9.17, 15) is 9.90 Å². The lowest BCUT2D eigenvalue weighted by molar-refractivity contribution is 0.0683. The summed E-state index contributed by atoms with van der Waals surface area (Å²) in [5, 5.41) is 9.32. The fraction of sp³-hybridized carbons (Fsp3) is 0.562. The van der Waals surface area contributed by atoms with Gasteiger partial charge in [-0.25, -0.2) is 4.79 Å². The zero-order chi connectivity index (χ0) is 14.7. The number of benzene rings is 1. The van der Waals surface area contributed by atoms with Crippen LogP contribution in [0.5, 0.6) is 5.75 Å². The molecule has 1 aliphatic rings. The lowest BCUT2D eigenvalue weighted by Gasteiger charge is -2.29. The van der Waals surface area contributed by atoms with Gasteiger partial charge in [0.2, 0.25) is 0 Å². The average molecular weight is 341 g/mol. The molecule has 1 aromatic rings. The van der Waals surface area contributed by atoms with E-state index in [-0.39, 0.29) is 11.7 Å². The minimum Gasteiger partial charge on any atom is -0.489 e. The minimum absolute atomic E-state index is 0.149. The van der Waals surface area contributed by atoms with E-state index in [4.69, 9.17) is 4.74 Å². The van der Waals surface area contributed by atoms with Gasteiger partial charge >= 0.3 is 5.97 Å². The van der Waals surface area contributed by atoms with Crippen LogP contribution in [-0.4, -0.2) is 17.2 Å². The molecule has 1 aliphatic carbocycles. The van der Waals surface area contributed by atoms with Gasteiger partial charge in [0.15, 0.2) is 0 Å². The highest BCUT2D eigenvalue weighted by Crippen LogP contribution is 2.33. The molecule has 20 heavy (non-hydrogen) atoms. The van der Waals surface area contributed by atoms with Crippen molar-refractivity contribution in [1.82, 2.24) is 0 Å². The van der Waals surface area contributed by atoms with Gasteiger partial charge in [-0.1, -0.05) is 29.3 Å². The number of ether oxygens (including phenoxy) is 1. The zero-order valence-electron chi connectivity index (χ0n) is 12.0. The molecule has 0 heterocycles. The maximum atomic E-state index is 11.4. The second-order valence-corrected chi connectivity index (χ2v) is 6.49. The minimum atomic E-state index is -0.938. The summed E-state index contributed by atoms with van der Waals surface area (Å²) in [6.07, 6.45) is 5.78. The number of rotatable bonds is 4. The van der Waals surface area contributed by atoms with Crippen molar-refractivity contribution in [2.75, 3.05) is 0 Å². The van der Waals surface area contributed by atoms with Crippen LogP contribution in [0.25, 0.3) is 0 Å². The van der Waals surface area contributed by atoms with Crippen LogP contribution in [0.2, 0.25) is 0 Å². The topological polar surface area (TPSA) is 46.5 Å². The first-order chi connectivity index (χ1) is 9.51. The quantitative estimate of drug-likeness (QED) is 0.855. The third-order valence-corrected chi connectivity index (χ3v) is 4.58. The van der Waals surface area contributed by atoms with Gasteiger partial charge in [0, 0.05) is 4.47 Å². The lowest BCUT2D eigenvalue weighted by Crippen LogP contribution is -2.25. The number of carboxylic acid groups (broad SMARTS) is 1. The fourth-order valence-electron chi connectivity index (χ4n) is 2.87. The van der Waals surface area contributed by atoms with Crippen molar-refractivity contribution in [3.8, 4) is 5.75 Å². The molecule has 0 amide bonds. The Morgan fingerprint density at radius 2 is 2.00 bits per heavy atom. The molecule has 0 saturated heterocycles. The van der Waals surface area contributed by atoms with Gasteiger partial charge in [-0.3, -0.25) is 0 Å². The van der Waals surface area contributed by atoms with E-state index in [1.165, 1.54) is 19.3 Å². The number of carboxylic acids is 1. The molecule has 1 saturated carbocycles. The van der Waals surface area contributed by atoms with Gasteiger partial charge in [-0.2, -0.15) is 0 Å². The largest absolute Gasteiger partial charge is 0.489 e. The van der Waals surface area contributed by atoms with Crippen LogP contribution in [0.1, 0.15) is 54.9 Å². The summed E-state index contributed by atoms with van der Waals surface area (Å²) in [7, 11) is 0. The summed E-state index contributed by atoms with van der Waals surface area (Å²) in [6.45, 7) is 4.12. The highest BCUT2D eigenvalue weighted by Gasteiger charge is 2.24. The molecule has 0 spiro atoms. The SMILES string of the molecule is CCC1CCC(Oc2c(C)cc(Br)cc2C(=O)O)CC1. The number of aromatic carboxylic acids is 1. The third-order valence-electron chi connectivity index (χ3n) is 4.13. The first kappa shape index (κ1) is 15.4. The zero-order valence-corrected chi connectivity index (χ0v) is 13.6. The Balaban J connectivity index is 2.15. The second kappa shape index (κ2) is 6.61. The smallest absolute Gasteiger partial charge is 0.339 e. The van der Waals surface area contributed by atoms with Gasteiger partial charge in [0.05, 0.1) is 6.10 Å². The van der Waals surface area contributed by atoms with Crippen molar-refractivity contribution >= 4 is 21.9 Å². The Morgan fingerprint density at radius 3 is 2.55 bits per heavy atom. The van der Waals surface area contributed by atoms with E-state index >= 15 is 0 Å². The number of halogens is 1. The molecule has 1 N–H and O–H groups in total. The Labute approximate surface area is 128 Å². The van der Waals surface area contributed by atoms with Gasteiger partial charge < -0.3 is 9.84 Å². The van der Waals surface area contributed by atoms with Crippen LogP contribution in [0, 0.1) is 12.8 Å². The molecular formula is C16H21BrO3. The molecule has 1 fully saturated rings. The molecule has 1 aromatic carbocycles. The Hall–Kier alpha value is -1.03. The molecule has 110 valence electrons. The Morgan fingerprint density at radius 1 is 1.35 bits per heavy atom. The number of hydrogen-bond donors (Lipinski definition) is 1. The summed E-state index contributed by atoms with van der Waals surface area (Å²) < 4.78 is 6.80. The predicted octanol–water partition coefficient (Wildman–Crippen LogP) is 4.80. The highest BCUT2D eigenvalue weighted by atomic mass is 79.9. The molecule has 4 heteroatoms. The van der Waals surface area contributed by atoms with E-state index in [0.717, 1.165) is 28.8 Å². The van der Waals surface area contributed by atoms with Crippen LogP contribution in [0.15, 0.2) is 16.6 Å². The van der Waals surface area contributed by atoms with Crippen LogP contribution >= 0.6 is 15.9 Å². The second-order valence-electron chi connectivity index (χ2n) is 5.57. The molecule has 0 unspecified atom stereocenters. The van der Waals surface area contributed by atoms with Crippen molar-refractivity contribution < 1.29 is 14.6 Å². The van der Waals surface area contributed by atoms with Crippen LogP contribution in [0.4, 0.5) is 0 Å². The van der Waals surface area contributed by atoms with E-state index in [1.807, 2.05) is 13.0 Å². The predicted molar refractivity (Wildman–Crippen MR) is 82.5 cm³/mol.